The van der Waals surface area contributed by atoms with Crippen molar-refractivity contribution in [3.8, 4) is 0 Å². The maximum Gasteiger partial charge on any atom is 0.157 e. The summed E-state index contributed by atoms with van der Waals surface area (Å²) < 4.78 is 0. The van der Waals surface area contributed by atoms with Crippen molar-refractivity contribution in [3.05, 3.63) is 11.8 Å². The molecule has 0 atom stereocenters. The molecule has 2 nitrogen and oxygen atoms in total. The SMILES string of the molecule is O=C1C=C(NC2CCCCCC2)CC1. The Hall–Kier alpha value is -0.790. The zero-order valence-corrected chi connectivity index (χ0v) is 8.72. The first-order valence-corrected chi connectivity index (χ1v) is 5.84. The largest absolute Gasteiger partial charge is 0.385 e. The van der Waals surface area contributed by atoms with Gasteiger partial charge in [-0.2, -0.15) is 0 Å². The zero-order valence-electron chi connectivity index (χ0n) is 8.72. The lowest BCUT2D eigenvalue weighted by atomic mass is 10.1. The minimum atomic E-state index is 0.293. The van der Waals surface area contributed by atoms with Crippen LogP contribution in [0.1, 0.15) is 51.4 Å². The maximum atomic E-state index is 11.0. The fraction of sp³-hybridized carbons (Fsp3) is 0.750. The third kappa shape index (κ3) is 2.60. The van der Waals surface area contributed by atoms with E-state index in [4.69, 9.17) is 0 Å². The van der Waals surface area contributed by atoms with Gasteiger partial charge in [0.05, 0.1) is 0 Å². The van der Waals surface area contributed by atoms with Crippen LogP contribution in [-0.4, -0.2) is 11.8 Å². The lowest BCUT2D eigenvalue weighted by Gasteiger charge is -2.17. The molecule has 0 saturated heterocycles. The maximum absolute atomic E-state index is 11.0. The predicted octanol–water partition coefficient (Wildman–Crippen LogP) is 2.55. The first kappa shape index (κ1) is 9.75. The Bertz CT molecular complexity index is 237. The highest BCUT2D eigenvalue weighted by atomic mass is 16.1. The van der Waals surface area contributed by atoms with Crippen molar-refractivity contribution in [2.45, 2.75) is 57.4 Å². The average molecular weight is 193 g/mol. The molecule has 0 aliphatic heterocycles. The summed E-state index contributed by atoms with van der Waals surface area (Å²) in [5.74, 6) is 0.293. The molecule has 2 aliphatic carbocycles. The molecule has 0 spiro atoms. The molecule has 0 amide bonds. The summed E-state index contributed by atoms with van der Waals surface area (Å²) in [4.78, 5) is 11.0. The van der Waals surface area contributed by atoms with E-state index in [9.17, 15) is 4.79 Å². The number of ketones is 1. The van der Waals surface area contributed by atoms with Gasteiger partial charge in [0, 0.05) is 24.2 Å². The first-order valence-electron chi connectivity index (χ1n) is 5.84. The van der Waals surface area contributed by atoms with Gasteiger partial charge in [0.2, 0.25) is 0 Å². The molecule has 1 saturated carbocycles. The summed E-state index contributed by atoms with van der Waals surface area (Å²) >= 11 is 0. The van der Waals surface area contributed by atoms with Gasteiger partial charge in [0.15, 0.2) is 5.78 Å². The molecule has 0 heterocycles. The molecule has 1 fully saturated rings. The van der Waals surface area contributed by atoms with Crippen LogP contribution in [0.4, 0.5) is 0 Å². The summed E-state index contributed by atoms with van der Waals surface area (Å²) in [6.45, 7) is 0. The minimum absolute atomic E-state index is 0.293. The van der Waals surface area contributed by atoms with Crippen LogP contribution in [0, 0.1) is 0 Å². The molecule has 2 aliphatic rings. The summed E-state index contributed by atoms with van der Waals surface area (Å²) in [6.07, 6.45) is 11.5. The number of carbonyl (C=O) groups excluding carboxylic acids is 1. The van der Waals surface area contributed by atoms with Gasteiger partial charge >= 0.3 is 0 Å². The summed E-state index contributed by atoms with van der Waals surface area (Å²) in [6, 6.07) is 0.634. The minimum Gasteiger partial charge on any atom is -0.385 e. The highest BCUT2D eigenvalue weighted by molar-refractivity contribution is 5.92. The smallest absolute Gasteiger partial charge is 0.157 e. The van der Waals surface area contributed by atoms with Gasteiger partial charge in [0.1, 0.15) is 0 Å². The molecule has 14 heavy (non-hydrogen) atoms. The molecule has 0 bridgehead atoms. The molecule has 78 valence electrons. The van der Waals surface area contributed by atoms with Gasteiger partial charge in [0.25, 0.3) is 0 Å². The van der Waals surface area contributed by atoms with E-state index in [0.717, 1.165) is 12.8 Å². The zero-order chi connectivity index (χ0) is 9.80. The Balaban J connectivity index is 1.83. The van der Waals surface area contributed by atoms with Crippen molar-refractivity contribution in [1.82, 2.24) is 5.32 Å². The molecule has 0 aromatic carbocycles. The standard InChI is InChI=1S/C12H19NO/c14-12-8-7-11(9-12)13-10-5-3-1-2-4-6-10/h9-10,13H,1-8H2. The molecular formula is C12H19NO. The quantitative estimate of drug-likeness (QED) is 0.683. The molecular weight excluding hydrogens is 174 g/mol. The Morgan fingerprint density at radius 1 is 1.07 bits per heavy atom. The van der Waals surface area contributed by atoms with Gasteiger partial charge in [-0.1, -0.05) is 25.7 Å². The van der Waals surface area contributed by atoms with Crippen LogP contribution in [-0.2, 0) is 4.79 Å². The Morgan fingerprint density at radius 3 is 2.36 bits per heavy atom. The molecule has 0 unspecified atom stereocenters. The van der Waals surface area contributed by atoms with E-state index in [0.29, 0.717) is 11.8 Å². The highest BCUT2D eigenvalue weighted by Gasteiger charge is 2.16. The topological polar surface area (TPSA) is 29.1 Å². The van der Waals surface area contributed by atoms with Crippen LogP contribution in [0.2, 0.25) is 0 Å². The Kier molecular flexibility index (Phi) is 3.22. The number of rotatable bonds is 2. The lowest BCUT2D eigenvalue weighted by molar-refractivity contribution is -0.114. The van der Waals surface area contributed by atoms with Gasteiger partial charge in [-0.3, -0.25) is 4.79 Å². The molecule has 2 rings (SSSR count). The predicted molar refractivity (Wildman–Crippen MR) is 56.9 cm³/mol. The summed E-state index contributed by atoms with van der Waals surface area (Å²) in [5.41, 5.74) is 1.18. The van der Waals surface area contributed by atoms with Crippen molar-refractivity contribution in [2.75, 3.05) is 0 Å². The van der Waals surface area contributed by atoms with E-state index in [1.165, 1.54) is 44.2 Å². The van der Waals surface area contributed by atoms with E-state index < -0.39 is 0 Å². The van der Waals surface area contributed by atoms with Crippen LogP contribution in [0.5, 0.6) is 0 Å². The van der Waals surface area contributed by atoms with Crippen molar-refractivity contribution >= 4 is 5.78 Å². The fourth-order valence-corrected chi connectivity index (χ4v) is 2.40. The number of hydrogen-bond acceptors (Lipinski definition) is 2. The van der Waals surface area contributed by atoms with Crippen LogP contribution in [0.25, 0.3) is 0 Å². The number of carbonyl (C=O) groups is 1. The van der Waals surface area contributed by atoms with E-state index in [1.807, 2.05) is 0 Å². The Morgan fingerprint density at radius 2 is 1.79 bits per heavy atom. The van der Waals surface area contributed by atoms with E-state index in [-0.39, 0.29) is 0 Å². The van der Waals surface area contributed by atoms with E-state index >= 15 is 0 Å². The van der Waals surface area contributed by atoms with Gasteiger partial charge in [-0.25, -0.2) is 0 Å². The van der Waals surface area contributed by atoms with Gasteiger partial charge < -0.3 is 5.32 Å². The van der Waals surface area contributed by atoms with Gasteiger partial charge in [-0.05, 0) is 19.3 Å². The first-order chi connectivity index (χ1) is 6.84. The summed E-state index contributed by atoms with van der Waals surface area (Å²) in [5, 5.41) is 3.53. The second kappa shape index (κ2) is 4.63. The average Bonchev–Trinajstić information content (AvgIpc) is 2.43. The van der Waals surface area contributed by atoms with Crippen molar-refractivity contribution in [3.63, 3.8) is 0 Å². The second-order valence-corrected chi connectivity index (χ2v) is 4.47. The van der Waals surface area contributed by atoms with Crippen molar-refractivity contribution in [1.29, 1.82) is 0 Å². The number of allylic oxidation sites excluding steroid dienone is 2. The number of nitrogens with one attached hydrogen (secondary N) is 1. The number of hydrogen-bond donors (Lipinski definition) is 1. The van der Waals surface area contributed by atoms with Crippen LogP contribution < -0.4 is 5.32 Å². The second-order valence-electron chi connectivity index (χ2n) is 4.47. The monoisotopic (exact) mass is 193 g/mol. The Labute approximate surface area is 85.8 Å². The third-order valence-electron chi connectivity index (χ3n) is 3.22. The van der Waals surface area contributed by atoms with Crippen molar-refractivity contribution in [2.24, 2.45) is 0 Å². The molecule has 2 heteroatoms. The lowest BCUT2D eigenvalue weighted by Crippen LogP contribution is -2.27. The normalized spacial score (nSPS) is 24.6. The van der Waals surface area contributed by atoms with Crippen LogP contribution >= 0.6 is 0 Å². The fourth-order valence-electron chi connectivity index (χ4n) is 2.40. The van der Waals surface area contributed by atoms with Crippen LogP contribution in [0.15, 0.2) is 11.8 Å². The molecule has 0 aromatic rings. The van der Waals surface area contributed by atoms with E-state index in [1.54, 1.807) is 6.08 Å². The van der Waals surface area contributed by atoms with E-state index in [2.05, 4.69) is 5.32 Å². The van der Waals surface area contributed by atoms with Gasteiger partial charge in [-0.15, -0.1) is 0 Å². The third-order valence-corrected chi connectivity index (χ3v) is 3.22. The molecule has 1 N–H and O–H groups in total. The molecule has 0 radical (unpaired) electrons. The molecule has 0 aromatic heterocycles. The van der Waals surface area contributed by atoms with Crippen molar-refractivity contribution < 1.29 is 4.79 Å². The van der Waals surface area contributed by atoms with Crippen LogP contribution in [0.3, 0.4) is 0 Å². The summed E-state index contributed by atoms with van der Waals surface area (Å²) in [7, 11) is 0. The highest BCUT2D eigenvalue weighted by Crippen LogP contribution is 2.20.